The largest absolute Gasteiger partial charge is 0.479 e. The van der Waals surface area contributed by atoms with E-state index in [1.165, 1.54) is 0 Å². The maximum Gasteiger partial charge on any atom is 0.334 e. The summed E-state index contributed by atoms with van der Waals surface area (Å²) >= 11 is 0. The van der Waals surface area contributed by atoms with Crippen LogP contribution < -0.4 is 10.6 Å². The zero-order chi connectivity index (χ0) is 12.9. The Hall–Kier alpha value is -1.14. The van der Waals surface area contributed by atoms with Crippen LogP contribution in [0.4, 0.5) is 0 Å². The van der Waals surface area contributed by atoms with Crippen LogP contribution in [0.25, 0.3) is 0 Å². The van der Waals surface area contributed by atoms with Crippen molar-refractivity contribution in [3.05, 3.63) is 0 Å². The van der Waals surface area contributed by atoms with Gasteiger partial charge in [-0.2, -0.15) is 0 Å². The van der Waals surface area contributed by atoms with Crippen LogP contribution >= 0.6 is 0 Å². The molecule has 2 atom stereocenters. The normalized spacial score (nSPS) is 25.5. The van der Waals surface area contributed by atoms with Gasteiger partial charge in [0.1, 0.15) is 0 Å². The molecule has 0 saturated carbocycles. The van der Waals surface area contributed by atoms with E-state index >= 15 is 0 Å². The lowest BCUT2D eigenvalue weighted by Gasteiger charge is -2.26. The van der Waals surface area contributed by atoms with Crippen molar-refractivity contribution < 1.29 is 19.8 Å². The second-order valence-electron chi connectivity index (χ2n) is 4.52. The quantitative estimate of drug-likeness (QED) is 0.496. The van der Waals surface area contributed by atoms with Crippen molar-refractivity contribution in [2.75, 3.05) is 19.6 Å². The second-order valence-corrected chi connectivity index (χ2v) is 4.52. The van der Waals surface area contributed by atoms with Gasteiger partial charge in [-0.15, -0.1) is 0 Å². The number of rotatable bonds is 6. The molecule has 1 aliphatic heterocycles. The predicted molar refractivity (Wildman–Crippen MR) is 61.5 cm³/mol. The van der Waals surface area contributed by atoms with E-state index in [0.717, 1.165) is 25.8 Å². The van der Waals surface area contributed by atoms with Gasteiger partial charge >= 0.3 is 5.97 Å². The summed E-state index contributed by atoms with van der Waals surface area (Å²) < 4.78 is 0. The Morgan fingerprint density at radius 3 is 2.71 bits per heavy atom. The number of aliphatic hydroxyl groups is 1. The number of carboxylic acids is 1. The van der Waals surface area contributed by atoms with Crippen LogP contribution in [-0.2, 0) is 9.59 Å². The summed E-state index contributed by atoms with van der Waals surface area (Å²) in [6.07, 6.45) is 0.897. The topological polar surface area (TPSA) is 98.7 Å². The van der Waals surface area contributed by atoms with Crippen molar-refractivity contribution in [1.29, 1.82) is 0 Å². The average molecular weight is 244 g/mol. The lowest BCUT2D eigenvalue weighted by atomic mass is 9.81. The van der Waals surface area contributed by atoms with Gasteiger partial charge in [-0.25, -0.2) is 4.79 Å². The maximum atomic E-state index is 12.0. The summed E-state index contributed by atoms with van der Waals surface area (Å²) in [4.78, 5) is 22.5. The molecule has 4 N–H and O–H groups in total. The van der Waals surface area contributed by atoms with E-state index in [9.17, 15) is 9.59 Å². The molecule has 1 heterocycles. The van der Waals surface area contributed by atoms with Gasteiger partial charge in [-0.05, 0) is 19.4 Å². The van der Waals surface area contributed by atoms with Gasteiger partial charge < -0.3 is 20.8 Å². The summed E-state index contributed by atoms with van der Waals surface area (Å²) in [5.74, 6) is -1.48. The average Bonchev–Trinajstić information content (AvgIpc) is 2.75. The number of amides is 1. The van der Waals surface area contributed by atoms with Crippen molar-refractivity contribution in [2.45, 2.75) is 32.3 Å². The molecule has 17 heavy (non-hydrogen) atoms. The molecule has 98 valence electrons. The fraction of sp³-hybridized carbons (Fsp3) is 0.818. The molecule has 1 saturated heterocycles. The number of carbonyl (C=O) groups is 2. The van der Waals surface area contributed by atoms with Gasteiger partial charge in [0.15, 0.2) is 6.10 Å². The van der Waals surface area contributed by atoms with Gasteiger partial charge in [0, 0.05) is 6.54 Å². The summed E-state index contributed by atoms with van der Waals surface area (Å²) in [5.41, 5.74) is -0.438. The van der Waals surface area contributed by atoms with E-state index < -0.39 is 17.5 Å². The molecule has 0 aromatic heterocycles. The molecule has 0 spiro atoms. The number of hydrogen-bond acceptors (Lipinski definition) is 4. The summed E-state index contributed by atoms with van der Waals surface area (Å²) in [7, 11) is 0. The Bertz CT molecular complexity index is 287. The Morgan fingerprint density at radius 2 is 2.24 bits per heavy atom. The summed E-state index contributed by atoms with van der Waals surface area (Å²) in [6, 6.07) is 0. The van der Waals surface area contributed by atoms with E-state index in [-0.39, 0.29) is 12.5 Å². The van der Waals surface area contributed by atoms with Gasteiger partial charge in [0.2, 0.25) is 5.91 Å². The van der Waals surface area contributed by atoms with Crippen LogP contribution in [0, 0.1) is 5.41 Å². The molecule has 1 rings (SSSR count). The molecule has 0 aromatic rings. The standard InChI is InChI=1S/C11H20N2O4/c1-2-3-11(4-5-12-7-11)10(17)13-6-8(14)9(15)16/h8,12,14H,2-7H2,1H3,(H,13,17)(H,15,16). The van der Waals surface area contributed by atoms with Crippen molar-refractivity contribution in [1.82, 2.24) is 10.6 Å². The molecule has 0 bridgehead atoms. The SMILES string of the molecule is CCCC1(C(=O)NCC(O)C(=O)O)CCNC1. The third-order valence-corrected chi connectivity index (χ3v) is 3.19. The highest BCUT2D eigenvalue weighted by Gasteiger charge is 2.40. The zero-order valence-corrected chi connectivity index (χ0v) is 10.0. The van der Waals surface area contributed by atoms with Gasteiger partial charge in [-0.3, -0.25) is 4.79 Å². The Balaban J connectivity index is 2.52. The van der Waals surface area contributed by atoms with Crippen LogP contribution in [0.5, 0.6) is 0 Å². The minimum Gasteiger partial charge on any atom is -0.479 e. The van der Waals surface area contributed by atoms with Crippen molar-refractivity contribution in [3.8, 4) is 0 Å². The maximum absolute atomic E-state index is 12.0. The Morgan fingerprint density at radius 1 is 1.53 bits per heavy atom. The van der Waals surface area contributed by atoms with Crippen molar-refractivity contribution in [2.24, 2.45) is 5.41 Å². The van der Waals surface area contributed by atoms with Gasteiger partial charge in [0.25, 0.3) is 0 Å². The molecule has 0 aliphatic carbocycles. The molecular formula is C11H20N2O4. The number of aliphatic hydroxyl groups excluding tert-OH is 1. The van der Waals surface area contributed by atoms with E-state index in [2.05, 4.69) is 10.6 Å². The predicted octanol–water partition coefficient (Wildman–Crippen LogP) is -0.672. The van der Waals surface area contributed by atoms with Crippen molar-refractivity contribution >= 4 is 11.9 Å². The van der Waals surface area contributed by atoms with E-state index in [4.69, 9.17) is 10.2 Å². The lowest BCUT2D eigenvalue weighted by Crippen LogP contribution is -2.46. The van der Waals surface area contributed by atoms with E-state index in [0.29, 0.717) is 6.54 Å². The van der Waals surface area contributed by atoms with Crippen LogP contribution in [-0.4, -0.2) is 47.8 Å². The number of hydrogen-bond donors (Lipinski definition) is 4. The third kappa shape index (κ3) is 3.41. The van der Waals surface area contributed by atoms with Crippen molar-refractivity contribution in [3.63, 3.8) is 0 Å². The highest BCUT2D eigenvalue weighted by Crippen LogP contribution is 2.31. The Labute approximate surface area is 100 Å². The van der Waals surface area contributed by atoms with Crippen LogP contribution in [0.3, 0.4) is 0 Å². The molecule has 6 heteroatoms. The van der Waals surface area contributed by atoms with E-state index in [1.807, 2.05) is 6.92 Å². The zero-order valence-electron chi connectivity index (χ0n) is 10.0. The highest BCUT2D eigenvalue weighted by atomic mass is 16.4. The first kappa shape index (κ1) is 13.9. The van der Waals surface area contributed by atoms with Gasteiger partial charge in [-0.1, -0.05) is 13.3 Å². The molecular weight excluding hydrogens is 224 g/mol. The number of carboxylic acid groups (broad SMARTS) is 1. The fourth-order valence-electron chi connectivity index (χ4n) is 2.21. The smallest absolute Gasteiger partial charge is 0.334 e. The fourth-order valence-corrected chi connectivity index (χ4v) is 2.21. The molecule has 2 unspecified atom stereocenters. The first-order valence-corrected chi connectivity index (χ1v) is 5.92. The minimum atomic E-state index is -1.54. The Kier molecular flexibility index (Phi) is 4.89. The summed E-state index contributed by atoms with van der Waals surface area (Å²) in [6.45, 7) is 3.20. The summed E-state index contributed by atoms with van der Waals surface area (Å²) in [5, 5.41) is 23.3. The minimum absolute atomic E-state index is 0.162. The highest BCUT2D eigenvalue weighted by molar-refractivity contribution is 5.84. The monoisotopic (exact) mass is 244 g/mol. The molecule has 6 nitrogen and oxygen atoms in total. The first-order chi connectivity index (χ1) is 8.02. The molecule has 1 aliphatic rings. The number of carbonyl (C=O) groups excluding carboxylic acids is 1. The molecule has 0 aromatic carbocycles. The molecule has 0 radical (unpaired) electrons. The first-order valence-electron chi connectivity index (χ1n) is 5.92. The number of nitrogens with one attached hydrogen (secondary N) is 2. The second kappa shape index (κ2) is 5.97. The van der Waals surface area contributed by atoms with Crippen LogP contribution in [0.2, 0.25) is 0 Å². The van der Waals surface area contributed by atoms with Crippen LogP contribution in [0.15, 0.2) is 0 Å². The third-order valence-electron chi connectivity index (χ3n) is 3.19. The molecule has 1 fully saturated rings. The molecule has 1 amide bonds. The number of aliphatic carboxylic acids is 1. The van der Waals surface area contributed by atoms with Gasteiger partial charge in [0.05, 0.1) is 12.0 Å². The van der Waals surface area contributed by atoms with Crippen LogP contribution in [0.1, 0.15) is 26.2 Å². The lowest BCUT2D eigenvalue weighted by molar-refractivity contribution is -0.146. The van der Waals surface area contributed by atoms with E-state index in [1.54, 1.807) is 0 Å².